The molecular weight excluding hydrogens is 529 g/mol. The van der Waals surface area contributed by atoms with Crippen LogP contribution in [0.1, 0.15) is 5.56 Å². The summed E-state index contributed by atoms with van der Waals surface area (Å²) in [6, 6.07) is -1.92. The van der Waals surface area contributed by atoms with E-state index in [9.17, 15) is 74.9 Å². The summed E-state index contributed by atoms with van der Waals surface area (Å²) in [6.07, 6.45) is 0. The molecule has 0 radical (unpaired) electrons. The second-order valence-corrected chi connectivity index (χ2v) is 11.0. The van der Waals surface area contributed by atoms with Gasteiger partial charge < -0.3 is 0 Å². The molecule has 0 spiro atoms. The zero-order valence-electron chi connectivity index (χ0n) is 13.7. The molecule has 21 heteroatoms. The minimum Gasteiger partial charge on any atom is -0.264 e. The molecule has 1 rings (SSSR count). The predicted molar refractivity (Wildman–Crippen MR) is 76.9 cm³/mol. The third kappa shape index (κ3) is 4.71. The van der Waals surface area contributed by atoms with Crippen LogP contribution in [-0.2, 0) is 36.1 Å². The molecule has 0 aliphatic carbocycles. The van der Waals surface area contributed by atoms with Gasteiger partial charge in [-0.1, -0.05) is 0 Å². The minimum atomic E-state index is -7.08. The second kappa shape index (κ2) is 7.46. The standard InChI is InChI=1S/C10H4F9NO8S3/c11-8(12,13)29(23,24)4-1-6(30(25,26)9(14,15)16)5(3-20(21)22)7(2-4)31(27,28)10(17,18)19/h1-2H,3H2. The van der Waals surface area contributed by atoms with Gasteiger partial charge in [0, 0.05) is 4.92 Å². The molecule has 0 saturated carbocycles. The molecule has 0 aliphatic rings. The SMILES string of the molecule is O=[N+]([O-])Cc1c(S(=O)(=O)C(F)(F)F)cc(S(=O)(=O)C(F)(F)F)cc1S(=O)(=O)C(F)(F)F. The Hall–Kier alpha value is -2.16. The van der Waals surface area contributed by atoms with Crippen LogP contribution >= 0.6 is 0 Å². The van der Waals surface area contributed by atoms with E-state index in [2.05, 4.69) is 0 Å². The highest BCUT2D eigenvalue weighted by Gasteiger charge is 2.55. The summed E-state index contributed by atoms with van der Waals surface area (Å²) in [5, 5.41) is 10.6. The fraction of sp³-hybridized carbons (Fsp3) is 0.400. The van der Waals surface area contributed by atoms with Crippen LogP contribution in [0.4, 0.5) is 39.5 Å². The average Bonchev–Trinajstić information content (AvgIpc) is 2.50. The van der Waals surface area contributed by atoms with Crippen molar-refractivity contribution in [3.05, 3.63) is 27.8 Å². The Morgan fingerprint density at radius 3 is 1.19 bits per heavy atom. The summed E-state index contributed by atoms with van der Waals surface area (Å²) in [6.45, 7) is -2.37. The van der Waals surface area contributed by atoms with Crippen LogP contribution in [0.5, 0.6) is 0 Å². The van der Waals surface area contributed by atoms with Gasteiger partial charge in [-0.15, -0.1) is 0 Å². The Morgan fingerprint density at radius 2 is 0.968 bits per heavy atom. The molecule has 0 atom stereocenters. The summed E-state index contributed by atoms with van der Waals surface area (Å²) < 4.78 is 185. The summed E-state index contributed by atoms with van der Waals surface area (Å²) in [5.41, 5.74) is -21.8. The van der Waals surface area contributed by atoms with Crippen LogP contribution in [-0.4, -0.2) is 46.7 Å². The Balaban J connectivity index is 4.45. The predicted octanol–water partition coefficient (Wildman–Crippen LogP) is 2.34. The Morgan fingerprint density at radius 1 is 0.677 bits per heavy atom. The van der Waals surface area contributed by atoms with Crippen molar-refractivity contribution in [2.45, 2.75) is 37.8 Å². The van der Waals surface area contributed by atoms with Crippen LogP contribution < -0.4 is 0 Å². The van der Waals surface area contributed by atoms with E-state index in [0.717, 1.165) is 0 Å². The fourth-order valence-corrected chi connectivity index (χ4v) is 4.99. The molecule has 0 aromatic heterocycles. The molecule has 31 heavy (non-hydrogen) atoms. The first-order chi connectivity index (χ1) is 13.4. The van der Waals surface area contributed by atoms with Crippen molar-refractivity contribution in [3.63, 3.8) is 0 Å². The van der Waals surface area contributed by atoms with E-state index in [-0.39, 0.29) is 0 Å². The number of nitro groups is 1. The van der Waals surface area contributed by atoms with Crippen molar-refractivity contribution in [1.29, 1.82) is 0 Å². The number of sulfone groups is 3. The molecule has 178 valence electrons. The number of hydrogen-bond acceptors (Lipinski definition) is 8. The first-order valence-corrected chi connectivity index (χ1v) is 11.1. The van der Waals surface area contributed by atoms with Crippen molar-refractivity contribution in [3.8, 4) is 0 Å². The lowest BCUT2D eigenvalue weighted by Crippen LogP contribution is -2.30. The molecule has 0 heterocycles. The maximum atomic E-state index is 12.9. The summed E-state index contributed by atoms with van der Waals surface area (Å²) >= 11 is 0. The molecule has 0 aliphatic heterocycles. The Bertz CT molecular complexity index is 1160. The first kappa shape index (κ1) is 26.9. The normalized spacial score (nSPS) is 14.5. The zero-order valence-corrected chi connectivity index (χ0v) is 16.2. The lowest BCUT2D eigenvalue weighted by Gasteiger charge is -2.18. The largest absolute Gasteiger partial charge is 0.501 e. The fourth-order valence-electron chi connectivity index (χ4n) is 1.90. The summed E-state index contributed by atoms with van der Waals surface area (Å²) in [5.74, 6) is 0. The molecule has 0 amide bonds. The summed E-state index contributed by atoms with van der Waals surface area (Å²) in [4.78, 5) is 0.614. The topological polar surface area (TPSA) is 146 Å². The molecule has 1 aromatic rings. The lowest BCUT2D eigenvalue weighted by atomic mass is 10.2. The number of alkyl halides is 9. The van der Waals surface area contributed by atoms with Gasteiger partial charge in [0.05, 0.1) is 20.2 Å². The number of benzene rings is 1. The van der Waals surface area contributed by atoms with Gasteiger partial charge in [0.25, 0.3) is 29.5 Å². The van der Waals surface area contributed by atoms with Gasteiger partial charge in [-0.2, -0.15) is 39.5 Å². The van der Waals surface area contributed by atoms with E-state index in [4.69, 9.17) is 0 Å². The van der Waals surface area contributed by atoms with Gasteiger partial charge in [-0.25, -0.2) is 25.3 Å². The molecular formula is C10H4F9NO8S3. The molecule has 1 aromatic carbocycles. The van der Waals surface area contributed by atoms with E-state index >= 15 is 0 Å². The van der Waals surface area contributed by atoms with Crippen molar-refractivity contribution in [2.24, 2.45) is 0 Å². The number of nitrogens with zero attached hydrogens (tertiary/aromatic N) is 1. The van der Waals surface area contributed by atoms with E-state index in [1.54, 1.807) is 0 Å². The maximum Gasteiger partial charge on any atom is 0.501 e. The Labute approximate surface area is 165 Å². The monoisotopic (exact) mass is 533 g/mol. The molecule has 9 nitrogen and oxygen atoms in total. The van der Waals surface area contributed by atoms with Crippen molar-refractivity contribution in [2.75, 3.05) is 0 Å². The minimum absolute atomic E-state index is 0.958. The van der Waals surface area contributed by atoms with Crippen LogP contribution in [0.15, 0.2) is 26.8 Å². The van der Waals surface area contributed by atoms with Gasteiger partial charge in [-0.05, 0) is 12.1 Å². The van der Waals surface area contributed by atoms with Gasteiger partial charge in [0.15, 0.2) is 0 Å². The van der Waals surface area contributed by atoms with E-state index in [0.29, 0.717) is 0 Å². The van der Waals surface area contributed by atoms with Gasteiger partial charge in [-0.3, -0.25) is 10.1 Å². The highest BCUT2D eigenvalue weighted by atomic mass is 32.2. The van der Waals surface area contributed by atoms with E-state index in [1.165, 1.54) is 0 Å². The van der Waals surface area contributed by atoms with Crippen LogP contribution in [0.3, 0.4) is 0 Å². The maximum absolute atomic E-state index is 12.9. The van der Waals surface area contributed by atoms with Crippen LogP contribution in [0, 0.1) is 10.1 Å². The van der Waals surface area contributed by atoms with Gasteiger partial charge >= 0.3 is 16.5 Å². The Kier molecular flexibility index (Phi) is 6.47. The third-order valence-electron chi connectivity index (χ3n) is 3.23. The molecule has 0 saturated heterocycles. The summed E-state index contributed by atoms with van der Waals surface area (Å²) in [7, 11) is -21.1. The van der Waals surface area contributed by atoms with Crippen molar-refractivity contribution in [1.82, 2.24) is 0 Å². The van der Waals surface area contributed by atoms with Crippen molar-refractivity contribution >= 4 is 29.5 Å². The quantitative estimate of drug-likeness (QED) is 0.319. The number of hydrogen-bond donors (Lipinski definition) is 0. The lowest BCUT2D eigenvalue weighted by molar-refractivity contribution is -0.497. The average molecular weight is 533 g/mol. The highest BCUT2D eigenvalue weighted by molar-refractivity contribution is 7.94. The number of halogens is 9. The van der Waals surface area contributed by atoms with Gasteiger partial charge in [0.2, 0.25) is 6.54 Å². The second-order valence-electron chi connectivity index (χ2n) is 5.24. The molecule has 0 bridgehead atoms. The van der Waals surface area contributed by atoms with E-state index < -0.39 is 89.9 Å². The molecule has 0 unspecified atom stereocenters. The van der Waals surface area contributed by atoms with Crippen molar-refractivity contribution < 1.29 is 69.7 Å². The van der Waals surface area contributed by atoms with Crippen LogP contribution in [0.25, 0.3) is 0 Å². The number of rotatable bonds is 5. The zero-order chi connectivity index (χ0) is 25.0. The molecule has 0 fully saturated rings. The molecule has 0 N–H and O–H groups in total. The van der Waals surface area contributed by atoms with E-state index in [1.807, 2.05) is 0 Å². The highest BCUT2D eigenvalue weighted by Crippen LogP contribution is 2.42. The third-order valence-corrected chi connectivity index (χ3v) is 7.80. The van der Waals surface area contributed by atoms with Gasteiger partial charge in [0.1, 0.15) is 0 Å². The first-order valence-electron chi connectivity index (χ1n) is 6.62. The van der Waals surface area contributed by atoms with Crippen LogP contribution in [0.2, 0.25) is 0 Å². The smallest absolute Gasteiger partial charge is 0.264 e.